The Bertz CT molecular complexity index is 347. The molecule has 0 heterocycles. The minimum Gasteiger partial charge on any atom is -0.469 e. The van der Waals surface area contributed by atoms with Crippen molar-refractivity contribution in [1.82, 2.24) is 0 Å². The minimum atomic E-state index is -0.555. The first-order valence-electron chi connectivity index (χ1n) is 4.40. The van der Waals surface area contributed by atoms with E-state index in [1.165, 1.54) is 13.2 Å². The lowest BCUT2D eigenvalue weighted by molar-refractivity contribution is -0.142. The quantitative estimate of drug-likeness (QED) is 0.679. The number of hydrogen-bond donors (Lipinski definition) is 0. The van der Waals surface area contributed by atoms with Crippen LogP contribution in [0.15, 0.2) is 18.2 Å². The van der Waals surface area contributed by atoms with Crippen molar-refractivity contribution in [3.05, 3.63) is 35.1 Å². The SMILES string of the molecule is COC(=O)C(C)c1ccc(C)cc1F. The average Bonchev–Trinajstić information content (AvgIpc) is 2.15. The average molecular weight is 196 g/mol. The van der Waals surface area contributed by atoms with Crippen LogP contribution in [0.5, 0.6) is 0 Å². The molecule has 0 saturated heterocycles. The van der Waals surface area contributed by atoms with Gasteiger partial charge in [0.05, 0.1) is 13.0 Å². The van der Waals surface area contributed by atoms with Crippen LogP contribution in [0.4, 0.5) is 4.39 Å². The van der Waals surface area contributed by atoms with Crippen LogP contribution >= 0.6 is 0 Å². The maximum atomic E-state index is 13.4. The van der Waals surface area contributed by atoms with Crippen molar-refractivity contribution in [3.8, 4) is 0 Å². The smallest absolute Gasteiger partial charge is 0.312 e. The molecule has 0 radical (unpaired) electrons. The van der Waals surface area contributed by atoms with Gasteiger partial charge in [0, 0.05) is 5.56 Å². The second-order valence-corrected chi connectivity index (χ2v) is 3.27. The number of carbonyl (C=O) groups is 1. The van der Waals surface area contributed by atoms with Crippen molar-refractivity contribution in [1.29, 1.82) is 0 Å². The van der Waals surface area contributed by atoms with Gasteiger partial charge in [-0.05, 0) is 25.5 Å². The Morgan fingerprint density at radius 1 is 1.50 bits per heavy atom. The number of methoxy groups -OCH3 is 1. The summed E-state index contributed by atoms with van der Waals surface area (Å²) in [6, 6.07) is 4.80. The van der Waals surface area contributed by atoms with Crippen molar-refractivity contribution in [2.75, 3.05) is 7.11 Å². The van der Waals surface area contributed by atoms with E-state index >= 15 is 0 Å². The van der Waals surface area contributed by atoms with Gasteiger partial charge in [0.2, 0.25) is 0 Å². The summed E-state index contributed by atoms with van der Waals surface area (Å²) < 4.78 is 17.9. The molecular weight excluding hydrogens is 183 g/mol. The second-order valence-electron chi connectivity index (χ2n) is 3.27. The Morgan fingerprint density at radius 3 is 2.64 bits per heavy atom. The topological polar surface area (TPSA) is 26.3 Å². The molecule has 1 unspecified atom stereocenters. The van der Waals surface area contributed by atoms with Crippen molar-refractivity contribution >= 4 is 5.97 Å². The van der Waals surface area contributed by atoms with Crippen LogP contribution in [-0.4, -0.2) is 13.1 Å². The van der Waals surface area contributed by atoms with Crippen molar-refractivity contribution < 1.29 is 13.9 Å². The molecule has 1 rings (SSSR count). The zero-order chi connectivity index (χ0) is 10.7. The number of benzene rings is 1. The Balaban J connectivity index is 3.01. The Morgan fingerprint density at radius 2 is 2.14 bits per heavy atom. The monoisotopic (exact) mass is 196 g/mol. The number of carbonyl (C=O) groups excluding carboxylic acids is 1. The van der Waals surface area contributed by atoms with Crippen LogP contribution in [0.25, 0.3) is 0 Å². The fourth-order valence-corrected chi connectivity index (χ4v) is 1.29. The van der Waals surface area contributed by atoms with Gasteiger partial charge in [-0.25, -0.2) is 4.39 Å². The van der Waals surface area contributed by atoms with Gasteiger partial charge in [-0.1, -0.05) is 12.1 Å². The molecule has 14 heavy (non-hydrogen) atoms. The molecule has 0 amide bonds. The summed E-state index contributed by atoms with van der Waals surface area (Å²) in [5.74, 6) is -1.34. The summed E-state index contributed by atoms with van der Waals surface area (Å²) >= 11 is 0. The third kappa shape index (κ3) is 2.10. The first-order valence-corrected chi connectivity index (χ1v) is 4.40. The number of esters is 1. The fraction of sp³-hybridized carbons (Fsp3) is 0.364. The van der Waals surface area contributed by atoms with E-state index < -0.39 is 11.9 Å². The third-order valence-corrected chi connectivity index (χ3v) is 2.18. The number of ether oxygens (including phenoxy) is 1. The van der Waals surface area contributed by atoms with E-state index in [4.69, 9.17) is 0 Å². The van der Waals surface area contributed by atoms with E-state index in [0.717, 1.165) is 5.56 Å². The zero-order valence-corrected chi connectivity index (χ0v) is 8.50. The number of aryl methyl sites for hydroxylation is 1. The maximum Gasteiger partial charge on any atom is 0.312 e. The fourth-order valence-electron chi connectivity index (χ4n) is 1.29. The molecular formula is C11H13FO2. The minimum absolute atomic E-state index is 0.358. The molecule has 0 aliphatic rings. The van der Waals surface area contributed by atoms with Crippen molar-refractivity contribution in [2.24, 2.45) is 0 Å². The van der Waals surface area contributed by atoms with E-state index in [0.29, 0.717) is 5.56 Å². The Kier molecular flexibility index (Phi) is 3.23. The maximum absolute atomic E-state index is 13.4. The van der Waals surface area contributed by atoms with Crippen LogP contribution in [0.2, 0.25) is 0 Å². The van der Waals surface area contributed by atoms with Crippen LogP contribution in [0, 0.1) is 12.7 Å². The molecule has 0 spiro atoms. The highest BCUT2D eigenvalue weighted by Gasteiger charge is 2.18. The first-order chi connectivity index (χ1) is 6.56. The second kappa shape index (κ2) is 4.22. The standard InChI is InChI=1S/C11H13FO2/c1-7-4-5-9(10(12)6-7)8(2)11(13)14-3/h4-6,8H,1-3H3. The number of hydrogen-bond acceptors (Lipinski definition) is 2. The summed E-state index contributed by atoms with van der Waals surface area (Å²) in [6.07, 6.45) is 0. The Labute approximate surface area is 82.7 Å². The molecule has 76 valence electrons. The molecule has 1 aromatic carbocycles. The summed E-state index contributed by atoms with van der Waals surface area (Å²) in [5, 5.41) is 0. The third-order valence-electron chi connectivity index (χ3n) is 2.18. The summed E-state index contributed by atoms with van der Waals surface area (Å²) in [4.78, 5) is 11.2. The highest BCUT2D eigenvalue weighted by Crippen LogP contribution is 2.20. The van der Waals surface area contributed by atoms with Gasteiger partial charge >= 0.3 is 5.97 Å². The number of rotatable bonds is 2. The van der Waals surface area contributed by atoms with Crippen molar-refractivity contribution in [3.63, 3.8) is 0 Å². The summed E-state index contributed by atoms with van der Waals surface area (Å²) in [6.45, 7) is 3.43. The predicted molar refractivity (Wildman–Crippen MR) is 51.6 cm³/mol. The Hall–Kier alpha value is -1.38. The molecule has 0 aliphatic carbocycles. The van der Waals surface area contributed by atoms with Gasteiger partial charge < -0.3 is 4.74 Å². The molecule has 0 saturated carbocycles. The normalized spacial score (nSPS) is 12.3. The van der Waals surface area contributed by atoms with E-state index in [2.05, 4.69) is 4.74 Å². The van der Waals surface area contributed by atoms with Crippen LogP contribution in [-0.2, 0) is 9.53 Å². The summed E-state index contributed by atoms with van der Waals surface area (Å²) in [7, 11) is 1.30. The van der Waals surface area contributed by atoms with E-state index in [-0.39, 0.29) is 5.82 Å². The zero-order valence-electron chi connectivity index (χ0n) is 8.50. The highest BCUT2D eigenvalue weighted by molar-refractivity contribution is 5.77. The van der Waals surface area contributed by atoms with Crippen LogP contribution in [0.1, 0.15) is 24.0 Å². The van der Waals surface area contributed by atoms with Crippen LogP contribution in [0.3, 0.4) is 0 Å². The van der Waals surface area contributed by atoms with Gasteiger partial charge in [-0.3, -0.25) is 4.79 Å². The molecule has 0 aliphatic heterocycles. The predicted octanol–water partition coefficient (Wildman–Crippen LogP) is 2.41. The van der Waals surface area contributed by atoms with Crippen molar-refractivity contribution in [2.45, 2.75) is 19.8 Å². The van der Waals surface area contributed by atoms with Gasteiger partial charge in [0.25, 0.3) is 0 Å². The molecule has 0 aromatic heterocycles. The lowest BCUT2D eigenvalue weighted by Gasteiger charge is -2.10. The van der Waals surface area contributed by atoms with Gasteiger partial charge in [-0.2, -0.15) is 0 Å². The van der Waals surface area contributed by atoms with E-state index in [1.807, 2.05) is 0 Å². The van der Waals surface area contributed by atoms with E-state index in [9.17, 15) is 9.18 Å². The lowest BCUT2D eigenvalue weighted by atomic mass is 9.99. The lowest BCUT2D eigenvalue weighted by Crippen LogP contribution is -2.12. The molecule has 2 nitrogen and oxygen atoms in total. The summed E-state index contributed by atoms with van der Waals surface area (Å²) in [5.41, 5.74) is 1.21. The molecule has 0 fully saturated rings. The largest absolute Gasteiger partial charge is 0.469 e. The van der Waals surface area contributed by atoms with E-state index in [1.54, 1.807) is 26.0 Å². The van der Waals surface area contributed by atoms with Gasteiger partial charge in [0.1, 0.15) is 5.82 Å². The highest BCUT2D eigenvalue weighted by atomic mass is 19.1. The number of halogens is 1. The van der Waals surface area contributed by atoms with Gasteiger partial charge in [-0.15, -0.1) is 0 Å². The first kappa shape index (κ1) is 10.7. The molecule has 0 bridgehead atoms. The van der Waals surface area contributed by atoms with Crippen LogP contribution < -0.4 is 0 Å². The molecule has 1 atom stereocenters. The van der Waals surface area contributed by atoms with Gasteiger partial charge in [0.15, 0.2) is 0 Å². The molecule has 1 aromatic rings. The molecule has 0 N–H and O–H groups in total. The molecule has 3 heteroatoms.